The first-order chi connectivity index (χ1) is 4.06. The molecule has 0 spiro atoms. The minimum absolute atomic E-state index is 0.0532. The van der Waals surface area contributed by atoms with Crippen LogP contribution in [0.15, 0.2) is 0 Å². The highest BCUT2D eigenvalue weighted by molar-refractivity contribution is 7.90. The summed E-state index contributed by atoms with van der Waals surface area (Å²) in [5.41, 5.74) is 0. The number of hydrogen-bond donors (Lipinski definition) is 0. The van der Waals surface area contributed by atoms with Crippen molar-refractivity contribution in [2.24, 2.45) is 0 Å². The summed E-state index contributed by atoms with van der Waals surface area (Å²) < 4.78 is 24.8. The minimum Gasteiger partial charge on any atom is -0.467 e. The second kappa shape index (κ2) is 3.45. The Hall–Kier alpha value is -0.580. The van der Waals surface area contributed by atoms with Crippen LogP contribution >= 0.6 is 0 Å². The van der Waals surface area contributed by atoms with Crippen LogP contribution in [0.2, 0.25) is 0 Å². The van der Waals surface area contributed by atoms with Crippen molar-refractivity contribution in [3.8, 4) is 0 Å². The molecule has 0 unspecified atom stereocenters. The van der Waals surface area contributed by atoms with Gasteiger partial charge in [-0.15, -0.1) is 0 Å². The molecular weight excluding hydrogens is 144 g/mol. The van der Waals surface area contributed by atoms with Gasteiger partial charge in [-0.2, -0.15) is 0 Å². The lowest BCUT2D eigenvalue weighted by Crippen LogP contribution is -2.09. The summed E-state index contributed by atoms with van der Waals surface area (Å²) in [6, 6.07) is 0. The zero-order valence-electron chi connectivity index (χ0n) is 5.03. The van der Waals surface area contributed by atoms with Gasteiger partial charge in [0.2, 0.25) is 0 Å². The van der Waals surface area contributed by atoms with Gasteiger partial charge in [-0.05, 0) is 0 Å². The summed E-state index contributed by atoms with van der Waals surface area (Å²) in [7, 11) is -2.98. The van der Waals surface area contributed by atoms with Gasteiger partial charge in [0.25, 0.3) is 6.47 Å². The van der Waals surface area contributed by atoms with Gasteiger partial charge in [-0.3, -0.25) is 4.79 Å². The molecule has 0 aromatic rings. The fourth-order valence-corrected chi connectivity index (χ4v) is 0.647. The second-order valence-electron chi connectivity index (χ2n) is 1.60. The van der Waals surface area contributed by atoms with Crippen LogP contribution in [0.1, 0.15) is 0 Å². The van der Waals surface area contributed by atoms with E-state index in [1.165, 1.54) is 0 Å². The Balaban J connectivity index is 3.40. The van der Waals surface area contributed by atoms with E-state index in [2.05, 4.69) is 4.74 Å². The Kier molecular flexibility index (Phi) is 3.22. The molecule has 0 saturated heterocycles. The summed E-state index contributed by atoms with van der Waals surface area (Å²) in [5.74, 6) is -0.105. The smallest absolute Gasteiger partial charge is 0.293 e. The van der Waals surface area contributed by atoms with Crippen LogP contribution in [0.4, 0.5) is 0 Å². The summed E-state index contributed by atoms with van der Waals surface area (Å²) in [6.07, 6.45) is 1.08. The first-order valence-electron chi connectivity index (χ1n) is 2.29. The molecule has 0 aliphatic heterocycles. The van der Waals surface area contributed by atoms with E-state index >= 15 is 0 Å². The lowest BCUT2D eigenvalue weighted by Gasteiger charge is -1.93. The van der Waals surface area contributed by atoms with Crippen LogP contribution in [0.25, 0.3) is 0 Å². The molecule has 0 heterocycles. The number of carbonyl (C=O) groups is 1. The third-order valence-corrected chi connectivity index (χ3v) is 1.55. The van der Waals surface area contributed by atoms with E-state index in [-0.39, 0.29) is 18.8 Å². The molecule has 0 radical (unpaired) electrons. The maximum Gasteiger partial charge on any atom is 0.293 e. The van der Waals surface area contributed by atoms with Crippen molar-refractivity contribution in [3.63, 3.8) is 0 Å². The normalized spacial score (nSPS) is 10.8. The van der Waals surface area contributed by atoms with Crippen LogP contribution < -0.4 is 0 Å². The van der Waals surface area contributed by atoms with Gasteiger partial charge in [0.1, 0.15) is 6.61 Å². The highest BCUT2D eigenvalue weighted by Crippen LogP contribution is 1.80. The molecule has 9 heavy (non-hydrogen) atoms. The summed E-state index contributed by atoms with van der Waals surface area (Å²) >= 11 is 0. The van der Waals surface area contributed by atoms with Crippen LogP contribution in [0, 0.1) is 0 Å². The van der Waals surface area contributed by atoms with Crippen molar-refractivity contribution >= 4 is 16.3 Å². The molecule has 0 atom stereocenters. The standard InChI is InChI=1S/C4H8O4S/c1-9(6,7)3-2-8-4-5/h4H,2-3H2,1H3. The fraction of sp³-hybridized carbons (Fsp3) is 0.750. The molecule has 0 rings (SSSR count). The molecule has 54 valence electrons. The highest BCUT2D eigenvalue weighted by atomic mass is 32.2. The zero-order valence-corrected chi connectivity index (χ0v) is 5.85. The molecular formula is C4H8O4S. The molecule has 0 aromatic carbocycles. The van der Waals surface area contributed by atoms with Crippen molar-refractivity contribution in [1.82, 2.24) is 0 Å². The van der Waals surface area contributed by atoms with Gasteiger partial charge in [-0.1, -0.05) is 0 Å². The Labute approximate surface area is 53.7 Å². The largest absolute Gasteiger partial charge is 0.467 e. The Morgan fingerprint density at radius 2 is 2.11 bits per heavy atom. The van der Waals surface area contributed by atoms with Crippen molar-refractivity contribution in [1.29, 1.82) is 0 Å². The van der Waals surface area contributed by atoms with Gasteiger partial charge in [0.05, 0.1) is 5.75 Å². The third-order valence-electron chi connectivity index (χ3n) is 0.640. The van der Waals surface area contributed by atoms with E-state index in [9.17, 15) is 13.2 Å². The maximum absolute atomic E-state index is 10.3. The Morgan fingerprint density at radius 3 is 2.44 bits per heavy atom. The number of hydrogen-bond acceptors (Lipinski definition) is 4. The zero-order chi connectivity index (χ0) is 7.33. The monoisotopic (exact) mass is 152 g/mol. The van der Waals surface area contributed by atoms with Crippen molar-refractivity contribution in [2.75, 3.05) is 18.6 Å². The van der Waals surface area contributed by atoms with E-state index in [1.807, 2.05) is 0 Å². The lowest BCUT2D eigenvalue weighted by atomic mass is 10.9. The van der Waals surface area contributed by atoms with E-state index < -0.39 is 9.84 Å². The molecule has 0 fully saturated rings. The average molecular weight is 152 g/mol. The number of rotatable bonds is 4. The van der Waals surface area contributed by atoms with Crippen LogP contribution in [-0.2, 0) is 19.4 Å². The van der Waals surface area contributed by atoms with Gasteiger partial charge < -0.3 is 4.74 Å². The maximum atomic E-state index is 10.3. The van der Waals surface area contributed by atoms with Crippen LogP contribution in [0.5, 0.6) is 0 Å². The summed E-state index contributed by atoms with van der Waals surface area (Å²) in [4.78, 5) is 9.47. The van der Waals surface area contributed by atoms with E-state index in [0.29, 0.717) is 0 Å². The first-order valence-corrected chi connectivity index (χ1v) is 4.35. The molecule has 0 aromatic heterocycles. The van der Waals surface area contributed by atoms with Gasteiger partial charge in [0, 0.05) is 6.26 Å². The number of sulfone groups is 1. The van der Waals surface area contributed by atoms with E-state index in [4.69, 9.17) is 0 Å². The molecule has 0 N–H and O–H groups in total. The van der Waals surface area contributed by atoms with E-state index in [0.717, 1.165) is 6.26 Å². The number of carbonyl (C=O) groups excluding carboxylic acids is 1. The fourth-order valence-electron chi connectivity index (χ4n) is 0.248. The third kappa shape index (κ3) is 7.42. The minimum atomic E-state index is -2.98. The Morgan fingerprint density at radius 1 is 1.56 bits per heavy atom. The van der Waals surface area contributed by atoms with Gasteiger partial charge >= 0.3 is 0 Å². The van der Waals surface area contributed by atoms with Gasteiger partial charge in [-0.25, -0.2) is 8.42 Å². The van der Waals surface area contributed by atoms with Crippen LogP contribution in [-0.4, -0.2) is 33.5 Å². The lowest BCUT2D eigenvalue weighted by molar-refractivity contribution is -0.128. The molecule has 5 heteroatoms. The van der Waals surface area contributed by atoms with Crippen molar-refractivity contribution < 1.29 is 17.9 Å². The number of ether oxygens (including phenoxy) is 1. The molecule has 4 nitrogen and oxygen atoms in total. The summed E-state index contributed by atoms with van der Waals surface area (Å²) in [6.45, 7) is 0.174. The van der Waals surface area contributed by atoms with Crippen LogP contribution in [0.3, 0.4) is 0 Å². The SMILES string of the molecule is CS(=O)(=O)CCOC=O. The van der Waals surface area contributed by atoms with E-state index in [1.54, 1.807) is 0 Å². The molecule has 0 saturated carbocycles. The quantitative estimate of drug-likeness (QED) is 0.391. The molecule has 0 amide bonds. The Bertz CT molecular complexity index is 169. The highest BCUT2D eigenvalue weighted by Gasteiger charge is 1.99. The predicted octanol–water partition coefficient (Wildman–Crippen LogP) is -0.796. The average Bonchev–Trinajstić information content (AvgIpc) is 1.63. The van der Waals surface area contributed by atoms with Crippen molar-refractivity contribution in [2.45, 2.75) is 0 Å². The first kappa shape index (κ1) is 8.42. The topological polar surface area (TPSA) is 60.4 Å². The summed E-state index contributed by atoms with van der Waals surface area (Å²) in [5, 5.41) is 0. The molecule has 0 bridgehead atoms. The molecule has 0 aliphatic carbocycles. The van der Waals surface area contributed by atoms with Gasteiger partial charge in [0.15, 0.2) is 9.84 Å². The second-order valence-corrected chi connectivity index (χ2v) is 3.86. The van der Waals surface area contributed by atoms with Crippen molar-refractivity contribution in [3.05, 3.63) is 0 Å². The molecule has 0 aliphatic rings. The predicted molar refractivity (Wildman–Crippen MR) is 31.7 cm³/mol.